The average Bonchev–Trinajstić information content (AvgIpc) is 2.64. The topological polar surface area (TPSA) is 73.9 Å². The van der Waals surface area contributed by atoms with Crippen LogP contribution >= 0.6 is 23.2 Å². The number of carbonyl (C=O) groups is 2. The third-order valence-electron chi connectivity index (χ3n) is 3.62. The molecule has 0 saturated carbocycles. The van der Waals surface area contributed by atoms with E-state index in [9.17, 15) is 9.59 Å². The first kappa shape index (κ1) is 18.4. The van der Waals surface area contributed by atoms with E-state index in [2.05, 4.69) is 5.32 Å². The number of amides is 1. The molecule has 1 atom stereocenters. The summed E-state index contributed by atoms with van der Waals surface area (Å²) < 4.78 is 16.0. The van der Waals surface area contributed by atoms with E-state index >= 15 is 0 Å². The third kappa shape index (κ3) is 4.20. The quantitative estimate of drug-likeness (QED) is 0.793. The van der Waals surface area contributed by atoms with Crippen molar-refractivity contribution in [3.8, 4) is 11.5 Å². The van der Waals surface area contributed by atoms with Crippen LogP contribution in [0.25, 0.3) is 0 Å². The van der Waals surface area contributed by atoms with Gasteiger partial charge in [0.15, 0.2) is 17.6 Å². The molecule has 0 saturated heterocycles. The Morgan fingerprint density at radius 1 is 1.08 bits per heavy atom. The SMILES string of the molecule is C[C@H](OC(=O)c1ccc2c(c1)OCCO2)C(=O)Nc1cc(Cl)ccc1Cl. The molecule has 0 aliphatic carbocycles. The Morgan fingerprint density at radius 2 is 1.81 bits per heavy atom. The van der Waals surface area contributed by atoms with Crippen LogP contribution in [0.1, 0.15) is 17.3 Å². The van der Waals surface area contributed by atoms with Gasteiger partial charge in [-0.2, -0.15) is 0 Å². The molecule has 3 rings (SSSR count). The number of benzene rings is 2. The van der Waals surface area contributed by atoms with Gasteiger partial charge in [-0.1, -0.05) is 23.2 Å². The first-order valence-electron chi connectivity index (χ1n) is 7.80. The molecular weight excluding hydrogens is 381 g/mol. The molecule has 0 fully saturated rings. The van der Waals surface area contributed by atoms with E-state index in [1.807, 2.05) is 0 Å². The molecule has 6 nitrogen and oxygen atoms in total. The number of ether oxygens (including phenoxy) is 3. The molecule has 0 unspecified atom stereocenters. The van der Waals surface area contributed by atoms with Crippen molar-refractivity contribution in [1.29, 1.82) is 0 Å². The van der Waals surface area contributed by atoms with E-state index < -0.39 is 18.0 Å². The fraction of sp³-hybridized carbons (Fsp3) is 0.222. The Labute approximate surface area is 159 Å². The van der Waals surface area contributed by atoms with Gasteiger partial charge in [0.25, 0.3) is 5.91 Å². The number of nitrogens with one attached hydrogen (secondary N) is 1. The molecule has 2 aromatic rings. The minimum Gasteiger partial charge on any atom is -0.486 e. The van der Waals surface area contributed by atoms with Gasteiger partial charge in [0.1, 0.15) is 13.2 Å². The summed E-state index contributed by atoms with van der Waals surface area (Å²) in [5.41, 5.74) is 0.598. The number of fused-ring (bicyclic) bond motifs is 1. The maximum absolute atomic E-state index is 12.3. The number of hydrogen-bond acceptors (Lipinski definition) is 5. The zero-order valence-corrected chi connectivity index (χ0v) is 15.3. The van der Waals surface area contributed by atoms with E-state index in [-0.39, 0.29) is 5.56 Å². The first-order chi connectivity index (χ1) is 12.4. The largest absolute Gasteiger partial charge is 0.486 e. The van der Waals surface area contributed by atoms with Crippen molar-refractivity contribution in [2.45, 2.75) is 13.0 Å². The lowest BCUT2D eigenvalue weighted by atomic mass is 10.2. The minimum absolute atomic E-state index is 0.259. The lowest BCUT2D eigenvalue weighted by Gasteiger charge is -2.19. The van der Waals surface area contributed by atoms with E-state index in [1.54, 1.807) is 24.3 Å². The number of esters is 1. The molecule has 1 aliphatic heterocycles. The summed E-state index contributed by atoms with van der Waals surface area (Å²) in [7, 11) is 0. The predicted octanol–water partition coefficient (Wildman–Crippen LogP) is 3.95. The van der Waals surface area contributed by atoms with E-state index in [1.165, 1.54) is 19.1 Å². The summed E-state index contributed by atoms with van der Waals surface area (Å²) >= 11 is 11.9. The predicted molar refractivity (Wildman–Crippen MR) is 97.4 cm³/mol. The fourth-order valence-corrected chi connectivity index (χ4v) is 2.62. The second-order valence-corrected chi connectivity index (χ2v) is 6.36. The molecule has 2 aromatic carbocycles. The first-order valence-corrected chi connectivity index (χ1v) is 8.56. The number of hydrogen-bond donors (Lipinski definition) is 1. The zero-order valence-electron chi connectivity index (χ0n) is 13.8. The number of rotatable bonds is 4. The number of halogens is 2. The molecule has 1 heterocycles. The van der Waals surface area contributed by atoms with E-state index in [0.29, 0.717) is 40.4 Å². The molecule has 26 heavy (non-hydrogen) atoms. The van der Waals surface area contributed by atoms with Gasteiger partial charge in [0.05, 0.1) is 16.3 Å². The van der Waals surface area contributed by atoms with Crippen molar-refractivity contribution < 1.29 is 23.8 Å². The van der Waals surface area contributed by atoms with Crippen molar-refractivity contribution in [2.75, 3.05) is 18.5 Å². The molecule has 0 bridgehead atoms. The Balaban J connectivity index is 1.65. The average molecular weight is 396 g/mol. The van der Waals surface area contributed by atoms with Crippen LogP contribution in [0, 0.1) is 0 Å². The van der Waals surface area contributed by atoms with Gasteiger partial charge in [-0.3, -0.25) is 4.79 Å². The highest BCUT2D eigenvalue weighted by atomic mass is 35.5. The highest BCUT2D eigenvalue weighted by Gasteiger charge is 2.22. The molecule has 0 radical (unpaired) electrons. The highest BCUT2D eigenvalue weighted by Crippen LogP contribution is 2.31. The van der Waals surface area contributed by atoms with Gasteiger partial charge >= 0.3 is 5.97 Å². The standard InChI is InChI=1S/C18H15Cl2NO5/c1-10(17(22)21-14-9-12(19)3-4-13(14)20)26-18(23)11-2-5-15-16(8-11)25-7-6-24-15/h2-5,8-10H,6-7H2,1H3,(H,21,22)/t10-/m0/s1. The van der Waals surface area contributed by atoms with E-state index in [0.717, 1.165) is 0 Å². The molecule has 0 aromatic heterocycles. The Hall–Kier alpha value is -2.44. The van der Waals surface area contributed by atoms with Crippen LogP contribution in [0.2, 0.25) is 10.0 Å². The van der Waals surface area contributed by atoms with Crippen molar-refractivity contribution >= 4 is 40.8 Å². The maximum Gasteiger partial charge on any atom is 0.339 e. The molecule has 136 valence electrons. The summed E-state index contributed by atoms with van der Waals surface area (Å²) in [6.07, 6.45) is -1.04. The summed E-state index contributed by atoms with van der Waals surface area (Å²) in [5, 5.41) is 3.33. The Morgan fingerprint density at radius 3 is 2.58 bits per heavy atom. The lowest BCUT2D eigenvalue weighted by Crippen LogP contribution is -2.30. The van der Waals surface area contributed by atoms with Crippen molar-refractivity contribution in [2.24, 2.45) is 0 Å². The summed E-state index contributed by atoms with van der Waals surface area (Å²) in [4.78, 5) is 24.5. The van der Waals surface area contributed by atoms with Crippen LogP contribution in [-0.2, 0) is 9.53 Å². The van der Waals surface area contributed by atoms with Gasteiger partial charge < -0.3 is 19.5 Å². The number of anilines is 1. The lowest BCUT2D eigenvalue weighted by molar-refractivity contribution is -0.123. The third-order valence-corrected chi connectivity index (χ3v) is 4.18. The Bertz CT molecular complexity index is 855. The summed E-state index contributed by atoms with van der Waals surface area (Å²) in [5.74, 6) is -0.149. The van der Waals surface area contributed by atoms with Crippen molar-refractivity contribution in [3.63, 3.8) is 0 Å². The zero-order chi connectivity index (χ0) is 18.7. The fourth-order valence-electron chi connectivity index (χ4n) is 2.28. The molecular formula is C18H15Cl2NO5. The van der Waals surface area contributed by atoms with Crippen LogP contribution in [0.5, 0.6) is 11.5 Å². The molecule has 1 N–H and O–H groups in total. The van der Waals surface area contributed by atoms with Crippen LogP contribution in [0.3, 0.4) is 0 Å². The normalized spacial score (nSPS) is 13.7. The minimum atomic E-state index is -1.04. The van der Waals surface area contributed by atoms with Crippen molar-refractivity contribution in [1.82, 2.24) is 0 Å². The second-order valence-electron chi connectivity index (χ2n) is 5.52. The van der Waals surface area contributed by atoms with Gasteiger partial charge in [-0.15, -0.1) is 0 Å². The second kappa shape index (κ2) is 7.85. The smallest absolute Gasteiger partial charge is 0.339 e. The maximum atomic E-state index is 12.3. The van der Waals surface area contributed by atoms with Crippen LogP contribution < -0.4 is 14.8 Å². The molecule has 1 amide bonds. The Kier molecular flexibility index (Phi) is 5.54. The summed E-state index contributed by atoms with van der Waals surface area (Å²) in [6.45, 7) is 2.33. The molecule has 1 aliphatic rings. The summed E-state index contributed by atoms with van der Waals surface area (Å²) in [6, 6.07) is 9.37. The van der Waals surface area contributed by atoms with Crippen molar-refractivity contribution in [3.05, 3.63) is 52.0 Å². The van der Waals surface area contributed by atoms with Gasteiger partial charge in [0, 0.05) is 5.02 Å². The number of carbonyl (C=O) groups excluding carboxylic acids is 2. The highest BCUT2D eigenvalue weighted by molar-refractivity contribution is 6.35. The molecule has 8 heteroatoms. The van der Waals surface area contributed by atoms with E-state index in [4.69, 9.17) is 37.4 Å². The van der Waals surface area contributed by atoms with Crippen LogP contribution in [0.4, 0.5) is 5.69 Å². The van der Waals surface area contributed by atoms with Gasteiger partial charge in [-0.05, 0) is 43.3 Å². The van der Waals surface area contributed by atoms with Gasteiger partial charge in [0.2, 0.25) is 0 Å². The van der Waals surface area contributed by atoms with Gasteiger partial charge in [-0.25, -0.2) is 4.79 Å². The monoisotopic (exact) mass is 395 g/mol. The van der Waals surface area contributed by atoms with Crippen LogP contribution in [-0.4, -0.2) is 31.2 Å². The molecule has 0 spiro atoms. The van der Waals surface area contributed by atoms with Crippen LogP contribution in [0.15, 0.2) is 36.4 Å².